The number of hydrogen-bond donors (Lipinski definition) is 3. The smallest absolute Gasteiger partial charge is 0.251 e. The second-order valence-corrected chi connectivity index (χ2v) is 6.25. The van der Waals surface area contributed by atoms with Crippen molar-refractivity contribution in [2.45, 2.75) is 19.6 Å². The van der Waals surface area contributed by atoms with Gasteiger partial charge in [0.2, 0.25) is 0 Å². The molecule has 6 nitrogen and oxygen atoms in total. The number of hydroxylamine groups is 1. The first-order chi connectivity index (χ1) is 11.4. The SMILES string of the molecule is C[C@H](O)CONCc1ccc(=O)n(C)c1Nc1ccc(Br)cc1F. The number of pyridine rings is 1. The maximum atomic E-state index is 14.0. The van der Waals surface area contributed by atoms with Crippen LogP contribution in [-0.4, -0.2) is 22.4 Å². The molecule has 1 aromatic carbocycles. The molecule has 0 aliphatic rings. The molecule has 2 aromatic rings. The van der Waals surface area contributed by atoms with Crippen LogP contribution >= 0.6 is 15.9 Å². The Bertz CT molecular complexity index is 765. The molecule has 0 bridgehead atoms. The molecule has 2 rings (SSSR count). The number of halogens is 2. The summed E-state index contributed by atoms with van der Waals surface area (Å²) < 4.78 is 16.1. The van der Waals surface area contributed by atoms with Gasteiger partial charge in [-0.2, -0.15) is 5.48 Å². The summed E-state index contributed by atoms with van der Waals surface area (Å²) >= 11 is 3.21. The number of rotatable bonds is 7. The summed E-state index contributed by atoms with van der Waals surface area (Å²) in [6.07, 6.45) is -0.591. The van der Waals surface area contributed by atoms with Gasteiger partial charge < -0.3 is 10.4 Å². The second kappa shape index (κ2) is 8.39. The maximum Gasteiger partial charge on any atom is 0.251 e. The number of hydrogen-bond acceptors (Lipinski definition) is 5. The quantitative estimate of drug-likeness (QED) is 0.492. The van der Waals surface area contributed by atoms with Crippen LogP contribution in [0.1, 0.15) is 12.5 Å². The van der Waals surface area contributed by atoms with Crippen molar-refractivity contribution < 1.29 is 14.3 Å². The van der Waals surface area contributed by atoms with E-state index in [1.807, 2.05) is 0 Å². The van der Waals surface area contributed by atoms with Crippen LogP contribution in [0, 0.1) is 5.82 Å². The monoisotopic (exact) mass is 399 g/mol. The lowest BCUT2D eigenvalue weighted by Gasteiger charge is -2.17. The van der Waals surface area contributed by atoms with Gasteiger partial charge in [0.1, 0.15) is 11.6 Å². The van der Waals surface area contributed by atoms with Crippen LogP contribution in [0.4, 0.5) is 15.9 Å². The third-order valence-corrected chi connectivity index (χ3v) is 3.76. The number of anilines is 2. The van der Waals surface area contributed by atoms with E-state index in [2.05, 4.69) is 26.7 Å². The summed E-state index contributed by atoms with van der Waals surface area (Å²) in [5.41, 5.74) is 3.46. The van der Waals surface area contributed by atoms with E-state index in [1.54, 1.807) is 32.2 Å². The predicted molar refractivity (Wildman–Crippen MR) is 93.5 cm³/mol. The van der Waals surface area contributed by atoms with Crippen LogP contribution in [-0.2, 0) is 18.4 Å². The lowest BCUT2D eigenvalue weighted by Crippen LogP contribution is -2.24. The highest BCUT2D eigenvalue weighted by molar-refractivity contribution is 9.10. The van der Waals surface area contributed by atoms with Crippen molar-refractivity contribution in [1.29, 1.82) is 0 Å². The highest BCUT2D eigenvalue weighted by Gasteiger charge is 2.11. The predicted octanol–water partition coefficient (Wildman–Crippen LogP) is 2.43. The van der Waals surface area contributed by atoms with E-state index >= 15 is 0 Å². The van der Waals surface area contributed by atoms with Crippen molar-refractivity contribution in [2.75, 3.05) is 11.9 Å². The summed E-state index contributed by atoms with van der Waals surface area (Å²) in [5.74, 6) is 0.0156. The molecule has 0 saturated heterocycles. The summed E-state index contributed by atoms with van der Waals surface area (Å²) in [5, 5.41) is 12.1. The van der Waals surface area contributed by atoms with Gasteiger partial charge >= 0.3 is 0 Å². The van der Waals surface area contributed by atoms with E-state index in [-0.39, 0.29) is 24.4 Å². The fraction of sp³-hybridized carbons (Fsp3) is 0.312. The first kappa shape index (κ1) is 18.6. The van der Waals surface area contributed by atoms with Crippen LogP contribution in [0.15, 0.2) is 39.6 Å². The summed E-state index contributed by atoms with van der Waals surface area (Å²) in [7, 11) is 1.60. The zero-order valence-corrected chi connectivity index (χ0v) is 14.9. The number of aromatic nitrogens is 1. The fourth-order valence-electron chi connectivity index (χ4n) is 2.02. The van der Waals surface area contributed by atoms with Crippen molar-refractivity contribution in [3.8, 4) is 0 Å². The average molecular weight is 400 g/mol. The van der Waals surface area contributed by atoms with Gasteiger partial charge in [0, 0.05) is 29.7 Å². The Morgan fingerprint density at radius 3 is 2.79 bits per heavy atom. The van der Waals surface area contributed by atoms with Crippen LogP contribution in [0.3, 0.4) is 0 Å². The molecule has 0 unspecified atom stereocenters. The minimum Gasteiger partial charge on any atom is -0.391 e. The van der Waals surface area contributed by atoms with Gasteiger partial charge in [-0.1, -0.05) is 15.9 Å². The van der Waals surface area contributed by atoms with Crippen molar-refractivity contribution in [2.24, 2.45) is 7.05 Å². The molecule has 24 heavy (non-hydrogen) atoms. The molecular weight excluding hydrogens is 381 g/mol. The van der Waals surface area contributed by atoms with Crippen molar-refractivity contribution in [3.05, 3.63) is 56.5 Å². The fourth-order valence-corrected chi connectivity index (χ4v) is 2.35. The number of aliphatic hydroxyl groups is 1. The third kappa shape index (κ3) is 4.88. The Hall–Kier alpha value is -1.74. The number of aliphatic hydroxyl groups excluding tert-OH is 1. The van der Waals surface area contributed by atoms with Crippen LogP contribution in [0.2, 0.25) is 0 Å². The zero-order valence-electron chi connectivity index (χ0n) is 13.3. The maximum absolute atomic E-state index is 14.0. The van der Waals surface area contributed by atoms with Gasteiger partial charge in [0.15, 0.2) is 0 Å². The molecule has 0 aliphatic carbocycles. The summed E-state index contributed by atoms with van der Waals surface area (Å²) in [6, 6.07) is 7.69. The highest BCUT2D eigenvalue weighted by Crippen LogP contribution is 2.24. The lowest BCUT2D eigenvalue weighted by molar-refractivity contribution is -0.0159. The molecule has 8 heteroatoms. The lowest BCUT2D eigenvalue weighted by atomic mass is 10.2. The molecule has 0 saturated carbocycles. The molecular formula is C16H19BrFN3O3. The normalized spacial score (nSPS) is 12.2. The Morgan fingerprint density at radius 1 is 1.38 bits per heavy atom. The molecule has 0 radical (unpaired) electrons. The Kier molecular flexibility index (Phi) is 6.50. The third-order valence-electron chi connectivity index (χ3n) is 3.27. The van der Waals surface area contributed by atoms with E-state index in [4.69, 9.17) is 9.94 Å². The average Bonchev–Trinajstić information content (AvgIpc) is 2.52. The van der Waals surface area contributed by atoms with E-state index < -0.39 is 11.9 Å². The molecule has 1 atom stereocenters. The zero-order chi connectivity index (χ0) is 17.7. The van der Waals surface area contributed by atoms with Crippen LogP contribution in [0.25, 0.3) is 0 Å². The molecule has 0 spiro atoms. The second-order valence-electron chi connectivity index (χ2n) is 5.33. The largest absolute Gasteiger partial charge is 0.391 e. The number of nitrogens with zero attached hydrogens (tertiary/aromatic N) is 1. The molecule has 0 fully saturated rings. The van der Waals surface area contributed by atoms with E-state index in [9.17, 15) is 9.18 Å². The molecule has 1 heterocycles. The standard InChI is InChI=1S/C16H19BrFN3O3/c1-10(22)9-24-19-8-11-3-6-15(23)21(2)16(11)20-14-5-4-12(17)7-13(14)18/h3-7,10,19-20,22H,8-9H2,1-2H3/t10-/m0/s1. The van der Waals surface area contributed by atoms with Gasteiger partial charge in [-0.05, 0) is 31.2 Å². The van der Waals surface area contributed by atoms with Gasteiger partial charge in [0.05, 0.1) is 18.4 Å². The highest BCUT2D eigenvalue weighted by atomic mass is 79.9. The van der Waals surface area contributed by atoms with Crippen molar-refractivity contribution >= 4 is 27.4 Å². The van der Waals surface area contributed by atoms with Gasteiger partial charge in [0.25, 0.3) is 5.56 Å². The molecule has 130 valence electrons. The van der Waals surface area contributed by atoms with Crippen LogP contribution in [0.5, 0.6) is 0 Å². The molecule has 0 amide bonds. The Balaban J connectivity index is 2.23. The van der Waals surface area contributed by atoms with Gasteiger partial charge in [-0.15, -0.1) is 0 Å². The van der Waals surface area contributed by atoms with Crippen molar-refractivity contribution in [3.63, 3.8) is 0 Å². The van der Waals surface area contributed by atoms with E-state index in [1.165, 1.54) is 16.7 Å². The van der Waals surface area contributed by atoms with Gasteiger partial charge in [-0.25, -0.2) is 4.39 Å². The van der Waals surface area contributed by atoms with Crippen molar-refractivity contribution in [1.82, 2.24) is 10.0 Å². The van der Waals surface area contributed by atoms with E-state index in [0.29, 0.717) is 15.9 Å². The van der Waals surface area contributed by atoms with Gasteiger partial charge in [-0.3, -0.25) is 14.2 Å². The number of benzene rings is 1. The first-order valence-electron chi connectivity index (χ1n) is 7.32. The first-order valence-corrected chi connectivity index (χ1v) is 8.11. The molecule has 1 aromatic heterocycles. The molecule has 0 aliphatic heterocycles. The Labute approximate surface area is 147 Å². The summed E-state index contributed by atoms with van der Waals surface area (Å²) in [4.78, 5) is 17.0. The summed E-state index contributed by atoms with van der Waals surface area (Å²) in [6.45, 7) is 2.02. The minimum absolute atomic E-state index is 0.135. The molecule has 3 N–H and O–H groups in total. The van der Waals surface area contributed by atoms with E-state index in [0.717, 1.165) is 0 Å². The van der Waals surface area contributed by atoms with Crippen LogP contribution < -0.4 is 16.4 Å². The Morgan fingerprint density at radius 2 is 2.12 bits per heavy atom. The minimum atomic E-state index is -0.591. The number of nitrogens with one attached hydrogen (secondary N) is 2. The topological polar surface area (TPSA) is 75.5 Å².